The molecule has 9 aromatic rings. The van der Waals surface area contributed by atoms with Gasteiger partial charge in [0.05, 0.1) is 0 Å². The molecule has 2 heterocycles. The highest BCUT2D eigenvalue weighted by Gasteiger charge is 2.23. The summed E-state index contributed by atoms with van der Waals surface area (Å²) in [7, 11) is 0. The van der Waals surface area contributed by atoms with Crippen LogP contribution in [0.3, 0.4) is 0 Å². The van der Waals surface area contributed by atoms with E-state index in [0.717, 1.165) is 50.1 Å². The molecule has 0 saturated heterocycles. The van der Waals surface area contributed by atoms with E-state index in [9.17, 15) is 0 Å². The summed E-state index contributed by atoms with van der Waals surface area (Å²) >= 11 is 0. The lowest BCUT2D eigenvalue weighted by Gasteiger charge is -2.24. The first-order valence-corrected chi connectivity index (χ1v) is 15.0. The minimum Gasteiger partial charge on any atom is -0.456 e. The number of fused-ring (bicyclic) bond motifs is 9. The number of hydrogen-bond donors (Lipinski definition) is 0. The van der Waals surface area contributed by atoms with E-state index in [2.05, 4.69) is 133 Å². The molecule has 0 bridgehead atoms. The zero-order valence-corrected chi connectivity index (χ0v) is 23.7. The first-order valence-electron chi connectivity index (χ1n) is 15.0. The maximum Gasteiger partial charge on any atom is 0.135 e. The molecule has 0 aliphatic carbocycles. The predicted octanol–water partition coefficient (Wildman–Crippen LogP) is 12.2. The Balaban J connectivity index is 1.20. The zero-order chi connectivity index (χ0) is 28.8. The molecule has 44 heavy (non-hydrogen) atoms. The normalized spacial score (nSPS) is 12.3. The number of hydrogen-bond acceptors (Lipinski definition) is 2. The molecule has 0 amide bonds. The summed E-state index contributed by atoms with van der Waals surface area (Å²) in [6.07, 6.45) is 0. The second-order valence-corrected chi connectivity index (χ2v) is 11.7. The van der Waals surface area contributed by atoms with Crippen LogP contribution in [0.5, 0.6) is 11.5 Å². The summed E-state index contributed by atoms with van der Waals surface area (Å²) in [6, 6.07) is 51.9. The maximum atomic E-state index is 6.69. The van der Waals surface area contributed by atoms with Crippen LogP contribution in [-0.4, -0.2) is 0 Å². The predicted molar refractivity (Wildman–Crippen MR) is 183 cm³/mol. The highest BCUT2D eigenvalue weighted by atomic mass is 16.5. The first kappa shape index (κ1) is 23.7. The van der Waals surface area contributed by atoms with Crippen molar-refractivity contribution in [3.8, 4) is 44.9 Å². The van der Waals surface area contributed by atoms with Crippen LogP contribution >= 0.6 is 0 Å². The first-order chi connectivity index (χ1) is 21.8. The molecule has 1 aliphatic heterocycles. The number of para-hydroxylation sites is 1. The molecule has 0 N–H and O–H groups in total. The molecule has 8 aromatic carbocycles. The lowest BCUT2D eigenvalue weighted by Crippen LogP contribution is -1.98. The van der Waals surface area contributed by atoms with Crippen LogP contribution in [0.2, 0.25) is 0 Å². The lowest BCUT2D eigenvalue weighted by atomic mass is 9.86. The van der Waals surface area contributed by atoms with Gasteiger partial charge in [-0.15, -0.1) is 0 Å². The lowest BCUT2D eigenvalue weighted by molar-refractivity contribution is 0.487. The number of furan rings is 1. The van der Waals surface area contributed by atoms with Crippen molar-refractivity contribution in [3.63, 3.8) is 0 Å². The third-order valence-electron chi connectivity index (χ3n) is 9.25. The molecular formula is C42H24O2. The highest BCUT2D eigenvalue weighted by Crippen LogP contribution is 2.51. The molecule has 0 radical (unpaired) electrons. The minimum absolute atomic E-state index is 0.879. The molecule has 2 nitrogen and oxygen atoms in total. The second kappa shape index (κ2) is 8.82. The van der Waals surface area contributed by atoms with E-state index in [1.807, 2.05) is 12.1 Å². The van der Waals surface area contributed by atoms with Gasteiger partial charge < -0.3 is 9.15 Å². The second-order valence-electron chi connectivity index (χ2n) is 11.7. The largest absolute Gasteiger partial charge is 0.456 e. The Morgan fingerprint density at radius 2 is 1.00 bits per heavy atom. The van der Waals surface area contributed by atoms with Crippen LogP contribution in [0.15, 0.2) is 150 Å². The van der Waals surface area contributed by atoms with Gasteiger partial charge in [-0.25, -0.2) is 0 Å². The van der Waals surface area contributed by atoms with Crippen molar-refractivity contribution >= 4 is 54.3 Å². The molecule has 1 aromatic heterocycles. The van der Waals surface area contributed by atoms with E-state index >= 15 is 0 Å². The van der Waals surface area contributed by atoms with Gasteiger partial charge in [-0.3, -0.25) is 0 Å². The average molecular weight is 561 g/mol. The van der Waals surface area contributed by atoms with Crippen molar-refractivity contribution in [2.24, 2.45) is 0 Å². The Morgan fingerprint density at radius 3 is 1.91 bits per heavy atom. The van der Waals surface area contributed by atoms with Crippen molar-refractivity contribution in [2.75, 3.05) is 0 Å². The molecule has 0 fully saturated rings. The molecular weight excluding hydrogens is 536 g/mol. The topological polar surface area (TPSA) is 22.4 Å². The van der Waals surface area contributed by atoms with Gasteiger partial charge >= 0.3 is 0 Å². The Kier molecular flexibility index (Phi) is 4.75. The van der Waals surface area contributed by atoms with Crippen LogP contribution in [-0.2, 0) is 0 Å². The molecule has 1 aliphatic rings. The van der Waals surface area contributed by atoms with Crippen LogP contribution in [0.4, 0.5) is 0 Å². The van der Waals surface area contributed by atoms with Gasteiger partial charge in [0.25, 0.3) is 0 Å². The van der Waals surface area contributed by atoms with Gasteiger partial charge in [-0.1, -0.05) is 97.1 Å². The van der Waals surface area contributed by atoms with E-state index in [1.54, 1.807) is 0 Å². The van der Waals surface area contributed by atoms with E-state index in [4.69, 9.17) is 9.15 Å². The zero-order valence-electron chi connectivity index (χ0n) is 23.7. The molecule has 10 rings (SSSR count). The summed E-state index contributed by atoms with van der Waals surface area (Å²) in [6.45, 7) is 0. The average Bonchev–Trinajstić information content (AvgIpc) is 3.46. The summed E-state index contributed by atoms with van der Waals surface area (Å²) in [4.78, 5) is 0. The van der Waals surface area contributed by atoms with Gasteiger partial charge in [-0.2, -0.15) is 0 Å². The molecule has 0 saturated carbocycles. The summed E-state index contributed by atoms with van der Waals surface area (Å²) < 4.78 is 12.8. The summed E-state index contributed by atoms with van der Waals surface area (Å²) in [5.41, 5.74) is 8.87. The van der Waals surface area contributed by atoms with Crippen molar-refractivity contribution in [1.82, 2.24) is 0 Å². The van der Waals surface area contributed by atoms with E-state index in [0.29, 0.717) is 0 Å². The standard InChI is InChI=1S/C42H24O2/c1-2-9-25(10-3-1)33-23-35-32-14-8-16-40-42(32)37(24-34(35)29-12-5-4-11-28(29)33)31-19-17-27(22-41(31)44-40)26-18-20-39-36(21-26)30-13-6-7-15-38(30)43-39/h1-24H. The van der Waals surface area contributed by atoms with Crippen LogP contribution in [0, 0.1) is 0 Å². The SMILES string of the molecule is c1ccc(-c2cc3c4cccc5c4c(cc3c3ccccc23)-c2ccc(-c3ccc4oc6ccccc6c4c3)cc2O5)cc1. The number of ether oxygens (including phenoxy) is 1. The van der Waals surface area contributed by atoms with Crippen LogP contribution in [0.25, 0.3) is 87.6 Å². The Labute approximate surface area is 253 Å². The van der Waals surface area contributed by atoms with Crippen molar-refractivity contribution in [3.05, 3.63) is 146 Å². The number of benzene rings is 8. The van der Waals surface area contributed by atoms with Crippen molar-refractivity contribution in [2.45, 2.75) is 0 Å². The third-order valence-corrected chi connectivity index (χ3v) is 9.25. The Bertz CT molecular complexity index is 2630. The fourth-order valence-corrected chi connectivity index (χ4v) is 7.21. The fraction of sp³-hybridized carbons (Fsp3) is 0. The third kappa shape index (κ3) is 3.31. The van der Waals surface area contributed by atoms with Crippen LogP contribution in [0.1, 0.15) is 0 Å². The Morgan fingerprint density at radius 1 is 0.318 bits per heavy atom. The van der Waals surface area contributed by atoms with Crippen LogP contribution < -0.4 is 4.74 Å². The molecule has 0 unspecified atom stereocenters. The van der Waals surface area contributed by atoms with Crippen molar-refractivity contribution in [1.29, 1.82) is 0 Å². The monoisotopic (exact) mass is 560 g/mol. The van der Waals surface area contributed by atoms with Gasteiger partial charge in [0.15, 0.2) is 0 Å². The smallest absolute Gasteiger partial charge is 0.135 e. The molecule has 0 spiro atoms. The van der Waals surface area contributed by atoms with Gasteiger partial charge in [0.1, 0.15) is 22.7 Å². The molecule has 0 atom stereocenters. The van der Waals surface area contributed by atoms with E-state index in [-0.39, 0.29) is 0 Å². The molecule has 204 valence electrons. The quantitative estimate of drug-likeness (QED) is 0.196. The molecule has 2 heteroatoms. The van der Waals surface area contributed by atoms with Crippen molar-refractivity contribution < 1.29 is 9.15 Å². The number of rotatable bonds is 2. The van der Waals surface area contributed by atoms with Gasteiger partial charge in [-0.05, 0) is 103 Å². The minimum atomic E-state index is 0.879. The summed E-state index contributed by atoms with van der Waals surface area (Å²) in [5, 5.41) is 9.66. The van der Waals surface area contributed by atoms with E-state index < -0.39 is 0 Å². The fourth-order valence-electron chi connectivity index (χ4n) is 7.21. The highest BCUT2D eigenvalue weighted by molar-refractivity contribution is 6.25. The van der Waals surface area contributed by atoms with Gasteiger partial charge in [0.2, 0.25) is 0 Å². The Hall–Kier alpha value is -5.86. The summed E-state index contributed by atoms with van der Waals surface area (Å²) in [5.74, 6) is 1.78. The van der Waals surface area contributed by atoms with E-state index in [1.165, 1.54) is 49.0 Å². The maximum absolute atomic E-state index is 6.69. The van der Waals surface area contributed by atoms with Gasteiger partial charge in [0, 0.05) is 21.7 Å².